The Morgan fingerprint density at radius 2 is 2.05 bits per heavy atom. The van der Waals surface area contributed by atoms with Gasteiger partial charge in [-0.05, 0) is 30.4 Å². The van der Waals surface area contributed by atoms with E-state index in [2.05, 4.69) is 4.99 Å². The molecule has 0 saturated heterocycles. The molecule has 1 heterocycles. The highest BCUT2D eigenvalue weighted by Crippen LogP contribution is 2.33. The Kier molecular flexibility index (Phi) is 2.60. The van der Waals surface area contributed by atoms with Gasteiger partial charge in [0.05, 0.1) is 22.5 Å². The fourth-order valence-corrected chi connectivity index (χ4v) is 2.20. The monoisotopic (exact) mass is 275 g/mol. The number of carbonyl (C=O) groups excluding carboxylic acids is 1. The van der Waals surface area contributed by atoms with E-state index in [1.165, 1.54) is 6.07 Å². The van der Waals surface area contributed by atoms with Crippen LogP contribution in [0.15, 0.2) is 46.5 Å². The molecule has 0 radical (unpaired) electrons. The van der Waals surface area contributed by atoms with Gasteiger partial charge in [0.15, 0.2) is 5.78 Å². The Morgan fingerprint density at radius 3 is 2.75 bits per heavy atom. The summed E-state index contributed by atoms with van der Waals surface area (Å²) in [6.07, 6.45) is 0.183. The average molecular weight is 275 g/mol. The smallest absolute Gasteiger partial charge is 0.337 e. The predicted octanol–water partition coefficient (Wildman–Crippen LogP) is 2.38. The summed E-state index contributed by atoms with van der Waals surface area (Å²) in [4.78, 5) is 27.4. The van der Waals surface area contributed by atoms with E-state index in [9.17, 15) is 18.4 Å². The van der Waals surface area contributed by atoms with Gasteiger partial charge in [0.1, 0.15) is 12.0 Å². The zero-order chi connectivity index (χ0) is 14.4. The third-order valence-electron chi connectivity index (χ3n) is 3.07. The molecule has 100 valence electrons. The minimum Gasteiger partial charge on any atom is -0.478 e. The molecular formula is C14H7F2NO3. The van der Waals surface area contributed by atoms with Crippen molar-refractivity contribution in [1.29, 1.82) is 0 Å². The molecular weight excluding hydrogens is 268 g/mol. The van der Waals surface area contributed by atoms with Crippen LogP contribution >= 0.6 is 0 Å². The number of hydrogen-bond donors (Lipinski definition) is 1. The van der Waals surface area contributed by atoms with Gasteiger partial charge in [-0.3, -0.25) is 4.79 Å². The Hall–Kier alpha value is -2.63. The van der Waals surface area contributed by atoms with E-state index in [4.69, 9.17) is 5.11 Å². The van der Waals surface area contributed by atoms with Crippen molar-refractivity contribution in [1.82, 2.24) is 0 Å². The summed E-state index contributed by atoms with van der Waals surface area (Å²) in [5.41, 5.74) is -0.420. The van der Waals surface area contributed by atoms with Crippen molar-refractivity contribution in [2.45, 2.75) is 6.17 Å². The van der Waals surface area contributed by atoms with Crippen LogP contribution in [0, 0.1) is 5.82 Å². The first-order valence-electron chi connectivity index (χ1n) is 5.72. The maximum Gasteiger partial charge on any atom is 0.337 e. The summed E-state index contributed by atoms with van der Waals surface area (Å²) >= 11 is 0. The summed E-state index contributed by atoms with van der Waals surface area (Å²) < 4.78 is 26.7. The van der Waals surface area contributed by atoms with Crippen LogP contribution in [0.25, 0.3) is 0 Å². The molecule has 1 aromatic rings. The van der Waals surface area contributed by atoms with Crippen LogP contribution in [0.1, 0.15) is 10.4 Å². The van der Waals surface area contributed by atoms with Crippen LogP contribution < -0.4 is 0 Å². The van der Waals surface area contributed by atoms with Gasteiger partial charge in [0.25, 0.3) is 0 Å². The number of ketones is 1. The van der Waals surface area contributed by atoms with E-state index >= 15 is 0 Å². The van der Waals surface area contributed by atoms with Gasteiger partial charge < -0.3 is 5.11 Å². The molecule has 3 rings (SSSR count). The summed E-state index contributed by atoms with van der Waals surface area (Å²) in [5.74, 6) is -2.60. The second-order valence-electron chi connectivity index (χ2n) is 4.36. The largest absolute Gasteiger partial charge is 0.478 e. The molecule has 0 bridgehead atoms. The summed E-state index contributed by atoms with van der Waals surface area (Å²) in [6.45, 7) is 0. The highest BCUT2D eigenvalue weighted by molar-refractivity contribution is 6.41. The molecule has 0 spiro atoms. The number of aliphatic imine (C=N–C) groups is 1. The first kappa shape index (κ1) is 12.4. The number of alkyl halides is 1. The molecule has 1 unspecified atom stereocenters. The number of benzene rings is 1. The zero-order valence-corrected chi connectivity index (χ0v) is 9.93. The van der Waals surface area contributed by atoms with Gasteiger partial charge in [0, 0.05) is 5.57 Å². The number of hydrogen-bond acceptors (Lipinski definition) is 3. The highest BCUT2D eigenvalue weighted by Gasteiger charge is 2.34. The zero-order valence-electron chi connectivity index (χ0n) is 9.93. The van der Waals surface area contributed by atoms with Crippen molar-refractivity contribution in [3.8, 4) is 0 Å². The van der Waals surface area contributed by atoms with E-state index in [0.717, 1.165) is 24.3 Å². The van der Waals surface area contributed by atoms with Crippen LogP contribution in [0.4, 0.5) is 14.5 Å². The molecule has 1 atom stereocenters. The van der Waals surface area contributed by atoms with E-state index in [-0.39, 0.29) is 28.1 Å². The topological polar surface area (TPSA) is 66.7 Å². The van der Waals surface area contributed by atoms with Gasteiger partial charge >= 0.3 is 5.97 Å². The lowest BCUT2D eigenvalue weighted by atomic mass is 9.86. The molecule has 1 aliphatic heterocycles. The van der Waals surface area contributed by atoms with E-state index < -0.39 is 23.7 Å². The average Bonchev–Trinajstić information content (AvgIpc) is 2.40. The van der Waals surface area contributed by atoms with E-state index in [1.807, 2.05) is 0 Å². The number of rotatable bonds is 1. The number of carbonyl (C=O) groups is 2. The Labute approximate surface area is 111 Å². The van der Waals surface area contributed by atoms with Crippen molar-refractivity contribution in [2.75, 3.05) is 0 Å². The number of Topliss-reactive ketones (excluding diaryl/α,β-unsaturated/α-hetero) is 1. The molecule has 20 heavy (non-hydrogen) atoms. The van der Waals surface area contributed by atoms with Crippen LogP contribution in [0.2, 0.25) is 0 Å². The fraction of sp³-hybridized carbons (Fsp3) is 0.0714. The number of carboxylic acid groups (broad SMARTS) is 1. The van der Waals surface area contributed by atoms with Gasteiger partial charge in [-0.1, -0.05) is 0 Å². The first-order valence-corrected chi connectivity index (χ1v) is 5.72. The molecule has 4 nitrogen and oxygen atoms in total. The number of halogens is 2. The minimum atomic E-state index is -1.69. The van der Waals surface area contributed by atoms with Gasteiger partial charge in [-0.15, -0.1) is 0 Å². The van der Waals surface area contributed by atoms with Crippen molar-refractivity contribution in [3.63, 3.8) is 0 Å². The van der Waals surface area contributed by atoms with Crippen molar-refractivity contribution in [3.05, 3.63) is 52.9 Å². The Morgan fingerprint density at radius 1 is 1.30 bits per heavy atom. The predicted molar refractivity (Wildman–Crippen MR) is 66.5 cm³/mol. The summed E-state index contributed by atoms with van der Waals surface area (Å²) in [5, 5.41) is 9.06. The quantitative estimate of drug-likeness (QED) is 0.855. The van der Waals surface area contributed by atoms with Crippen molar-refractivity contribution >= 4 is 23.2 Å². The third kappa shape index (κ3) is 1.77. The SMILES string of the molecule is O=C(O)C1=CC(F)C=C2C(=O)c3cc(F)ccc3N=C12. The molecule has 1 N–H and O–H groups in total. The van der Waals surface area contributed by atoms with E-state index in [1.54, 1.807) is 0 Å². The Balaban J connectivity index is 2.25. The van der Waals surface area contributed by atoms with Crippen LogP contribution in [-0.4, -0.2) is 28.7 Å². The molecule has 0 fully saturated rings. The maximum atomic E-state index is 13.5. The number of nitrogens with zero attached hydrogens (tertiary/aromatic N) is 1. The maximum absolute atomic E-state index is 13.5. The van der Waals surface area contributed by atoms with E-state index in [0.29, 0.717) is 0 Å². The second kappa shape index (κ2) is 4.19. The second-order valence-corrected chi connectivity index (χ2v) is 4.36. The third-order valence-corrected chi connectivity index (χ3v) is 3.07. The van der Waals surface area contributed by atoms with Crippen molar-refractivity contribution < 1.29 is 23.5 Å². The lowest BCUT2D eigenvalue weighted by molar-refractivity contribution is -0.132. The number of aliphatic carboxylic acids is 1. The molecule has 6 heteroatoms. The molecule has 2 aliphatic rings. The number of fused-ring (bicyclic) bond motifs is 2. The summed E-state index contributed by atoms with van der Waals surface area (Å²) in [7, 11) is 0. The van der Waals surface area contributed by atoms with Gasteiger partial charge in [-0.2, -0.15) is 0 Å². The lowest BCUT2D eigenvalue weighted by Crippen LogP contribution is -2.27. The number of carboxylic acids is 1. The van der Waals surface area contributed by atoms with Crippen LogP contribution in [0.3, 0.4) is 0 Å². The normalized spacial score (nSPS) is 20.4. The van der Waals surface area contributed by atoms with Crippen LogP contribution in [0.5, 0.6) is 0 Å². The number of allylic oxidation sites excluding steroid dienone is 3. The fourth-order valence-electron chi connectivity index (χ4n) is 2.20. The lowest BCUT2D eigenvalue weighted by Gasteiger charge is -2.21. The molecule has 0 saturated carbocycles. The van der Waals surface area contributed by atoms with Crippen LogP contribution in [-0.2, 0) is 4.79 Å². The standard InChI is InChI=1S/C14H7F2NO3/c15-6-1-2-11-8(3-6)13(18)9-4-7(16)5-10(14(19)20)12(9)17-11/h1-5,7H,(H,19,20). The minimum absolute atomic E-state index is 0.00108. The van der Waals surface area contributed by atoms with Gasteiger partial charge in [0.2, 0.25) is 0 Å². The highest BCUT2D eigenvalue weighted by atomic mass is 19.1. The molecule has 0 aromatic heterocycles. The molecule has 1 aromatic carbocycles. The first-order chi connectivity index (χ1) is 9.47. The van der Waals surface area contributed by atoms with Crippen molar-refractivity contribution in [2.24, 2.45) is 4.99 Å². The molecule has 0 amide bonds. The molecule has 1 aliphatic carbocycles. The summed E-state index contributed by atoms with van der Waals surface area (Å²) in [6, 6.07) is 3.41. The van der Waals surface area contributed by atoms with Gasteiger partial charge in [-0.25, -0.2) is 18.6 Å². The Bertz CT molecular complexity index is 747.